The van der Waals surface area contributed by atoms with E-state index < -0.39 is 6.10 Å². The summed E-state index contributed by atoms with van der Waals surface area (Å²) in [4.78, 5) is 1.91. The van der Waals surface area contributed by atoms with E-state index in [2.05, 4.69) is 0 Å². The Hall–Kier alpha value is -0.970. The van der Waals surface area contributed by atoms with E-state index >= 15 is 0 Å². The van der Waals surface area contributed by atoms with E-state index in [-0.39, 0.29) is 17.9 Å². The summed E-state index contributed by atoms with van der Waals surface area (Å²) in [7, 11) is 1.86. The summed E-state index contributed by atoms with van der Waals surface area (Å²) in [5, 5.41) is 9.47. The first-order valence-corrected chi connectivity index (χ1v) is 6.35. The van der Waals surface area contributed by atoms with Gasteiger partial charge in [0.05, 0.1) is 12.1 Å². The molecule has 0 bridgehead atoms. The molecule has 0 aliphatic carbocycles. The first-order valence-electron chi connectivity index (χ1n) is 6.35. The van der Waals surface area contributed by atoms with Crippen LogP contribution >= 0.6 is 0 Å². The number of hydrogen-bond donors (Lipinski definition) is 2. The van der Waals surface area contributed by atoms with E-state index in [1.165, 1.54) is 6.07 Å². The molecule has 0 fully saturated rings. The van der Waals surface area contributed by atoms with Crippen LogP contribution in [0.4, 0.5) is 4.39 Å². The Morgan fingerprint density at radius 3 is 2.50 bits per heavy atom. The molecule has 1 aromatic carbocycles. The molecule has 0 amide bonds. The Morgan fingerprint density at radius 2 is 2.00 bits per heavy atom. The highest BCUT2D eigenvalue weighted by atomic mass is 19.1. The van der Waals surface area contributed by atoms with Crippen molar-refractivity contribution in [3.8, 4) is 0 Å². The van der Waals surface area contributed by atoms with E-state index in [0.29, 0.717) is 12.1 Å². The maximum Gasteiger partial charge on any atom is 0.128 e. The van der Waals surface area contributed by atoms with Crippen LogP contribution in [0.2, 0.25) is 0 Å². The van der Waals surface area contributed by atoms with Gasteiger partial charge < -0.3 is 10.8 Å². The van der Waals surface area contributed by atoms with E-state index in [4.69, 9.17) is 5.73 Å². The second-order valence-electron chi connectivity index (χ2n) is 4.83. The third-order valence-corrected chi connectivity index (χ3v) is 3.13. The summed E-state index contributed by atoms with van der Waals surface area (Å²) in [6.45, 7) is 4.16. The first kappa shape index (κ1) is 15.1. The molecule has 102 valence electrons. The topological polar surface area (TPSA) is 49.5 Å². The maximum absolute atomic E-state index is 13.9. The maximum atomic E-state index is 13.9. The monoisotopic (exact) mass is 254 g/mol. The molecule has 0 aliphatic rings. The number of benzene rings is 1. The zero-order valence-electron chi connectivity index (χ0n) is 11.3. The van der Waals surface area contributed by atoms with Crippen molar-refractivity contribution in [1.29, 1.82) is 0 Å². The van der Waals surface area contributed by atoms with Crippen LogP contribution < -0.4 is 5.73 Å². The number of nitrogens with zero attached hydrogens (tertiary/aromatic N) is 1. The Bertz CT molecular complexity index is 371. The lowest BCUT2D eigenvalue weighted by Gasteiger charge is -2.33. The molecule has 3 nitrogen and oxygen atoms in total. The zero-order chi connectivity index (χ0) is 13.7. The first-order chi connectivity index (χ1) is 8.47. The van der Waals surface area contributed by atoms with Crippen LogP contribution in [0.5, 0.6) is 0 Å². The number of hydrogen-bond acceptors (Lipinski definition) is 3. The van der Waals surface area contributed by atoms with E-state index in [0.717, 1.165) is 6.42 Å². The number of halogens is 1. The van der Waals surface area contributed by atoms with Crippen LogP contribution in [-0.2, 0) is 0 Å². The highest BCUT2D eigenvalue weighted by molar-refractivity contribution is 5.22. The van der Waals surface area contributed by atoms with Crippen LogP contribution in [0.3, 0.4) is 0 Å². The predicted molar refractivity (Wildman–Crippen MR) is 71.7 cm³/mol. The Morgan fingerprint density at radius 1 is 1.39 bits per heavy atom. The summed E-state index contributed by atoms with van der Waals surface area (Å²) >= 11 is 0. The largest absolute Gasteiger partial charge is 0.392 e. The molecular weight excluding hydrogens is 231 g/mol. The lowest BCUT2D eigenvalue weighted by molar-refractivity contribution is 0.106. The third kappa shape index (κ3) is 3.77. The second-order valence-corrected chi connectivity index (χ2v) is 4.83. The van der Waals surface area contributed by atoms with E-state index in [1.54, 1.807) is 19.1 Å². The number of nitrogens with two attached hydrogens (primary N) is 1. The zero-order valence-corrected chi connectivity index (χ0v) is 11.3. The van der Waals surface area contributed by atoms with Gasteiger partial charge in [-0.15, -0.1) is 0 Å². The van der Waals surface area contributed by atoms with Gasteiger partial charge in [0.2, 0.25) is 0 Å². The second kappa shape index (κ2) is 6.83. The quantitative estimate of drug-likeness (QED) is 0.815. The number of likely N-dealkylation sites (N-methyl/N-ethyl adjacent to an activating group) is 1. The molecule has 0 radical (unpaired) electrons. The molecule has 1 rings (SSSR count). The van der Waals surface area contributed by atoms with Crippen LogP contribution in [-0.4, -0.2) is 35.7 Å². The van der Waals surface area contributed by atoms with E-state index in [1.807, 2.05) is 24.9 Å². The molecular formula is C14H23FN2O. The van der Waals surface area contributed by atoms with Gasteiger partial charge in [-0.05, 0) is 26.5 Å². The molecule has 3 atom stereocenters. The van der Waals surface area contributed by atoms with Crippen LogP contribution in [0.25, 0.3) is 0 Å². The van der Waals surface area contributed by atoms with Gasteiger partial charge in [-0.3, -0.25) is 4.90 Å². The van der Waals surface area contributed by atoms with Crippen molar-refractivity contribution in [1.82, 2.24) is 4.90 Å². The van der Waals surface area contributed by atoms with Crippen LogP contribution in [0.1, 0.15) is 31.9 Å². The minimum absolute atomic E-state index is 0.161. The van der Waals surface area contributed by atoms with E-state index in [9.17, 15) is 9.50 Å². The molecule has 1 aromatic rings. The minimum atomic E-state index is -0.465. The van der Waals surface area contributed by atoms with Crippen molar-refractivity contribution in [2.75, 3.05) is 13.6 Å². The van der Waals surface area contributed by atoms with Crippen LogP contribution in [0, 0.1) is 5.82 Å². The van der Waals surface area contributed by atoms with Gasteiger partial charge in [-0.25, -0.2) is 4.39 Å². The normalized spacial score (nSPS) is 16.6. The van der Waals surface area contributed by atoms with Gasteiger partial charge in [-0.2, -0.15) is 0 Å². The SMILES string of the molecule is CCC(N)C(c1ccccc1F)N(C)CC(C)O. The molecule has 3 unspecified atom stereocenters. The molecule has 18 heavy (non-hydrogen) atoms. The van der Waals surface area contributed by atoms with Crippen molar-refractivity contribution in [2.45, 2.75) is 38.5 Å². The standard InChI is InChI=1S/C14H23FN2O/c1-4-13(16)14(17(3)9-10(2)18)11-7-5-6-8-12(11)15/h5-8,10,13-14,18H,4,9,16H2,1-3H3. The fourth-order valence-corrected chi connectivity index (χ4v) is 2.26. The molecule has 0 saturated heterocycles. The van der Waals surface area contributed by atoms with Gasteiger partial charge in [0.25, 0.3) is 0 Å². The number of aliphatic hydroxyl groups excluding tert-OH is 1. The minimum Gasteiger partial charge on any atom is -0.392 e. The van der Waals surface area contributed by atoms with Crippen molar-refractivity contribution in [3.05, 3.63) is 35.6 Å². The lowest BCUT2D eigenvalue weighted by Crippen LogP contribution is -2.41. The molecule has 3 N–H and O–H groups in total. The fraction of sp³-hybridized carbons (Fsp3) is 0.571. The summed E-state index contributed by atoms with van der Waals surface area (Å²) in [5.41, 5.74) is 6.70. The van der Waals surface area contributed by atoms with Crippen molar-refractivity contribution in [3.63, 3.8) is 0 Å². The molecule has 0 saturated carbocycles. The molecule has 0 spiro atoms. The van der Waals surface area contributed by atoms with Gasteiger partial charge in [0.15, 0.2) is 0 Å². The summed E-state index contributed by atoms with van der Waals surface area (Å²) in [5.74, 6) is -0.246. The van der Waals surface area contributed by atoms with Gasteiger partial charge in [0, 0.05) is 18.2 Å². The summed E-state index contributed by atoms with van der Waals surface area (Å²) < 4.78 is 13.9. The predicted octanol–water partition coefficient (Wildman–Crippen LogP) is 1.92. The fourth-order valence-electron chi connectivity index (χ4n) is 2.26. The average molecular weight is 254 g/mol. The van der Waals surface area contributed by atoms with Crippen molar-refractivity contribution < 1.29 is 9.50 Å². The molecule has 4 heteroatoms. The Kier molecular flexibility index (Phi) is 5.72. The van der Waals surface area contributed by atoms with Gasteiger partial charge in [-0.1, -0.05) is 25.1 Å². The lowest BCUT2D eigenvalue weighted by atomic mass is 9.96. The Balaban J connectivity index is 3.02. The van der Waals surface area contributed by atoms with Crippen molar-refractivity contribution in [2.24, 2.45) is 5.73 Å². The highest BCUT2D eigenvalue weighted by Crippen LogP contribution is 2.26. The summed E-state index contributed by atoms with van der Waals surface area (Å²) in [6, 6.07) is 6.30. The summed E-state index contributed by atoms with van der Waals surface area (Å²) in [6.07, 6.45) is 0.289. The third-order valence-electron chi connectivity index (χ3n) is 3.13. The number of rotatable bonds is 6. The number of aliphatic hydroxyl groups is 1. The van der Waals surface area contributed by atoms with Crippen molar-refractivity contribution >= 4 is 0 Å². The van der Waals surface area contributed by atoms with Gasteiger partial charge in [0.1, 0.15) is 5.82 Å². The smallest absolute Gasteiger partial charge is 0.128 e. The van der Waals surface area contributed by atoms with Gasteiger partial charge >= 0.3 is 0 Å². The average Bonchev–Trinajstić information content (AvgIpc) is 2.30. The molecule has 0 aromatic heterocycles. The molecule has 0 heterocycles. The Labute approximate surface area is 108 Å². The molecule has 0 aliphatic heterocycles. The highest BCUT2D eigenvalue weighted by Gasteiger charge is 2.26. The van der Waals surface area contributed by atoms with Crippen LogP contribution in [0.15, 0.2) is 24.3 Å².